The normalized spacial score (nSPS) is 19.2. The predicted octanol–water partition coefficient (Wildman–Crippen LogP) is 3.85. The zero-order valence-electron chi connectivity index (χ0n) is 28.8. The van der Waals surface area contributed by atoms with Crippen molar-refractivity contribution < 1.29 is 19.2 Å². The number of nitrogens with one attached hydrogen (secondary N) is 3. The van der Waals surface area contributed by atoms with E-state index in [-0.39, 0.29) is 17.9 Å². The number of pyridine rings is 1. The van der Waals surface area contributed by atoms with E-state index in [2.05, 4.69) is 48.8 Å². The van der Waals surface area contributed by atoms with Crippen LogP contribution in [0.3, 0.4) is 0 Å². The number of aryl methyl sites for hydroxylation is 1. The molecule has 258 valence electrons. The van der Waals surface area contributed by atoms with Crippen molar-refractivity contribution in [3.63, 3.8) is 0 Å². The summed E-state index contributed by atoms with van der Waals surface area (Å²) in [5.41, 5.74) is 6.55. The number of ether oxygens (including phenoxy) is 1. The van der Waals surface area contributed by atoms with Crippen LogP contribution in [0.4, 0.5) is 5.69 Å². The minimum atomic E-state index is -0.619. The third kappa shape index (κ3) is 7.01. The first-order valence-electron chi connectivity index (χ1n) is 16.9. The second kappa shape index (κ2) is 14.1. The quantitative estimate of drug-likeness (QED) is 0.201. The average molecular weight is 693 g/mol. The number of fused-ring (bicyclic) bond motifs is 1. The van der Waals surface area contributed by atoms with E-state index in [1.807, 2.05) is 74.5 Å². The lowest BCUT2D eigenvalue weighted by molar-refractivity contribution is -0.879. The Bertz CT molecular complexity index is 2040. The lowest BCUT2D eigenvalue weighted by atomic mass is 9.98. The number of likely N-dealkylation sites (tertiary alicyclic amines) is 1. The van der Waals surface area contributed by atoms with Gasteiger partial charge in [-0.3, -0.25) is 19.4 Å². The summed E-state index contributed by atoms with van der Waals surface area (Å²) < 4.78 is 6.76. The molecule has 13 heteroatoms. The highest BCUT2D eigenvalue weighted by Crippen LogP contribution is 2.32. The fourth-order valence-corrected chi connectivity index (χ4v) is 7.64. The van der Waals surface area contributed by atoms with Crippen molar-refractivity contribution in [2.24, 2.45) is 7.05 Å². The van der Waals surface area contributed by atoms with Gasteiger partial charge in [-0.2, -0.15) is 10.2 Å². The highest BCUT2D eigenvalue weighted by Gasteiger charge is 2.48. The third-order valence-corrected chi connectivity index (χ3v) is 10.8. The molecule has 3 N–H and O–H groups in total. The number of quaternary nitrogens is 1. The molecule has 2 amide bonds. The lowest BCUT2D eigenvalue weighted by Crippen LogP contribution is -3.12. The molecule has 0 bridgehead atoms. The number of amides is 2. The molecular weight excluding hydrogens is 651 g/mol. The molecule has 5 aromatic rings. The molecule has 2 aromatic carbocycles. The molecule has 1 saturated heterocycles. The summed E-state index contributed by atoms with van der Waals surface area (Å²) in [5, 5.41) is 16.1. The smallest absolute Gasteiger partial charge is 0.278 e. The first-order chi connectivity index (χ1) is 24.2. The van der Waals surface area contributed by atoms with Crippen molar-refractivity contribution in [1.29, 1.82) is 0 Å². The van der Waals surface area contributed by atoms with E-state index in [0.717, 1.165) is 51.2 Å². The molecule has 50 heavy (non-hydrogen) atoms. The molecule has 0 radical (unpaired) electrons. The van der Waals surface area contributed by atoms with Gasteiger partial charge in [0.15, 0.2) is 12.4 Å². The highest BCUT2D eigenvalue weighted by atomic mass is 32.2. The number of carbonyl (C=O) groups is 2. The van der Waals surface area contributed by atoms with Gasteiger partial charge in [0, 0.05) is 61.0 Å². The van der Waals surface area contributed by atoms with Crippen LogP contribution in [-0.4, -0.2) is 96.5 Å². The Kier molecular flexibility index (Phi) is 9.43. The molecule has 1 fully saturated rings. The summed E-state index contributed by atoms with van der Waals surface area (Å²) in [5.74, 6) is 1.36. The molecule has 12 nitrogen and oxygen atoms in total. The van der Waals surface area contributed by atoms with E-state index in [1.54, 1.807) is 29.0 Å². The van der Waals surface area contributed by atoms with Crippen LogP contribution in [0.15, 0.2) is 73.2 Å². The Balaban J connectivity index is 0.955. The summed E-state index contributed by atoms with van der Waals surface area (Å²) in [6.45, 7) is 6.93. The second-order valence-corrected chi connectivity index (χ2v) is 14.5. The van der Waals surface area contributed by atoms with E-state index in [4.69, 9.17) is 4.74 Å². The maximum atomic E-state index is 13.8. The molecule has 0 saturated carbocycles. The van der Waals surface area contributed by atoms with Crippen LogP contribution in [0.25, 0.3) is 39.1 Å². The van der Waals surface area contributed by atoms with Crippen LogP contribution in [0.2, 0.25) is 0 Å². The van der Waals surface area contributed by atoms with Crippen molar-refractivity contribution in [3.8, 4) is 28.5 Å². The zero-order valence-corrected chi connectivity index (χ0v) is 29.6. The molecule has 2 aliphatic heterocycles. The standard InChI is InChI=1S/C37H41N9O3S/c1-24(2)49-32-12-9-28(20-38-32)34-30-19-29(10-11-31(30)41-42-34)40-36(48)37(50-4)15-18-45(22-37)21-33(47)46-16-13-26(14-17-46)25-5-7-27(8-6-25)35-39-23-44(3)43-35/h5-13,19-20,23-24H,14-18,21-22H2,1-4H3,(H,40,48)(H,41,42)/p+1/t37-/m0/s1. The van der Waals surface area contributed by atoms with Crippen LogP contribution in [0, 0.1) is 0 Å². The van der Waals surface area contributed by atoms with E-state index >= 15 is 0 Å². The Morgan fingerprint density at radius 2 is 1.88 bits per heavy atom. The Labute approximate surface area is 295 Å². The fourth-order valence-electron chi connectivity index (χ4n) is 6.75. The number of rotatable bonds is 10. The van der Waals surface area contributed by atoms with E-state index in [1.165, 1.54) is 5.57 Å². The first-order valence-corrected chi connectivity index (χ1v) is 18.2. The number of hydrogen-bond donors (Lipinski definition) is 3. The molecular formula is C37H42N9O3S+. The van der Waals surface area contributed by atoms with Gasteiger partial charge in [0.25, 0.3) is 5.91 Å². The SMILES string of the molecule is CS[C@@]1(C(=O)Nc2ccc3[nH]nc(-c4ccc(OC(C)C)nc4)c3c2)CC[NH+](CC(=O)N2CC=C(c3ccc(-c4ncn(C)n4)cc3)CC2)C1. The highest BCUT2D eigenvalue weighted by molar-refractivity contribution is 8.00. The van der Waals surface area contributed by atoms with Crippen molar-refractivity contribution in [3.05, 3.63) is 78.8 Å². The van der Waals surface area contributed by atoms with Gasteiger partial charge in [0.05, 0.1) is 18.2 Å². The number of nitrogens with zero attached hydrogens (tertiary/aromatic N) is 6. The van der Waals surface area contributed by atoms with E-state index in [9.17, 15) is 9.59 Å². The summed E-state index contributed by atoms with van der Waals surface area (Å²) in [6.07, 6.45) is 9.13. The fraction of sp³-hybridized carbons (Fsp3) is 0.351. The maximum Gasteiger partial charge on any atom is 0.278 e. The summed E-state index contributed by atoms with van der Waals surface area (Å²) in [7, 11) is 1.86. The van der Waals surface area contributed by atoms with Crippen LogP contribution in [0.5, 0.6) is 5.88 Å². The number of H-pyrrole nitrogens is 1. The second-order valence-electron chi connectivity index (χ2n) is 13.3. The Hall–Kier alpha value is -5.01. The largest absolute Gasteiger partial charge is 0.475 e. The Morgan fingerprint density at radius 3 is 2.56 bits per heavy atom. The minimum Gasteiger partial charge on any atom is -0.475 e. The number of benzene rings is 2. The summed E-state index contributed by atoms with van der Waals surface area (Å²) in [6, 6.07) is 17.8. The van der Waals surface area contributed by atoms with Crippen LogP contribution in [0.1, 0.15) is 32.3 Å². The van der Waals surface area contributed by atoms with Crippen LogP contribution in [-0.2, 0) is 16.6 Å². The van der Waals surface area contributed by atoms with Gasteiger partial charge in [0.2, 0.25) is 11.8 Å². The van der Waals surface area contributed by atoms with Crippen molar-refractivity contribution in [2.45, 2.75) is 37.5 Å². The molecule has 2 aliphatic rings. The van der Waals surface area contributed by atoms with Gasteiger partial charge in [-0.1, -0.05) is 30.3 Å². The average Bonchev–Trinajstić information content (AvgIpc) is 3.87. The van der Waals surface area contributed by atoms with Gasteiger partial charge in [-0.25, -0.2) is 9.97 Å². The number of aromatic amines is 1. The monoisotopic (exact) mass is 692 g/mol. The van der Waals surface area contributed by atoms with Crippen LogP contribution >= 0.6 is 11.8 Å². The predicted molar refractivity (Wildman–Crippen MR) is 196 cm³/mol. The number of anilines is 1. The molecule has 5 heterocycles. The van der Waals surface area contributed by atoms with E-state index < -0.39 is 4.75 Å². The topological polar surface area (TPSA) is 135 Å². The van der Waals surface area contributed by atoms with Gasteiger partial charge in [-0.15, -0.1) is 11.8 Å². The van der Waals surface area contributed by atoms with Crippen molar-refractivity contribution in [2.75, 3.05) is 44.3 Å². The minimum absolute atomic E-state index is 0.0379. The molecule has 1 unspecified atom stereocenters. The Morgan fingerprint density at radius 1 is 1.08 bits per heavy atom. The molecule has 0 aliphatic carbocycles. The number of hydrogen-bond acceptors (Lipinski definition) is 8. The molecule has 3 aromatic heterocycles. The molecule has 0 spiro atoms. The molecule has 2 atom stereocenters. The number of carbonyl (C=O) groups excluding carboxylic acids is 2. The number of thioether (sulfide) groups is 1. The van der Waals surface area contributed by atoms with Crippen LogP contribution < -0.4 is 15.0 Å². The summed E-state index contributed by atoms with van der Waals surface area (Å²) in [4.78, 5) is 39.1. The summed E-state index contributed by atoms with van der Waals surface area (Å²) >= 11 is 1.57. The third-order valence-electron chi connectivity index (χ3n) is 9.49. The van der Waals surface area contributed by atoms with Gasteiger partial charge >= 0.3 is 0 Å². The van der Waals surface area contributed by atoms with Crippen molar-refractivity contribution >= 4 is 45.7 Å². The van der Waals surface area contributed by atoms with E-state index in [0.29, 0.717) is 50.0 Å². The maximum absolute atomic E-state index is 13.8. The van der Waals surface area contributed by atoms with Gasteiger partial charge in [0.1, 0.15) is 23.3 Å². The first kappa shape index (κ1) is 33.5. The lowest BCUT2D eigenvalue weighted by Gasteiger charge is -2.28. The van der Waals surface area contributed by atoms with Gasteiger partial charge in [-0.05, 0) is 61.9 Å². The number of aromatic nitrogens is 6. The van der Waals surface area contributed by atoms with Crippen molar-refractivity contribution in [1.82, 2.24) is 34.8 Å². The zero-order chi connectivity index (χ0) is 34.8. The van der Waals surface area contributed by atoms with Gasteiger partial charge < -0.3 is 19.9 Å². The molecule has 7 rings (SSSR count).